The van der Waals surface area contributed by atoms with Gasteiger partial charge in [-0.2, -0.15) is 5.10 Å². The largest absolute Gasteiger partial charge is 0.263 e. The minimum atomic E-state index is -3.65. The number of benzene rings is 1. The topological polar surface area (TPSA) is 101 Å². The van der Waals surface area contributed by atoms with Gasteiger partial charge >= 0.3 is 0 Å². The van der Waals surface area contributed by atoms with Crippen LogP contribution >= 0.6 is 0 Å². The molecular formula is C14H15N5O2S. The number of H-pyrrole nitrogens is 1. The summed E-state index contributed by atoms with van der Waals surface area (Å²) in [5.41, 5.74) is 1.15. The molecule has 0 aliphatic heterocycles. The molecule has 3 rings (SSSR count). The molecule has 0 spiro atoms. The Bertz CT molecular complexity index is 891. The summed E-state index contributed by atoms with van der Waals surface area (Å²) in [7, 11) is -3.65. The van der Waals surface area contributed by atoms with Crippen molar-refractivity contribution < 1.29 is 8.42 Å². The first kappa shape index (κ1) is 14.6. The van der Waals surface area contributed by atoms with Crippen molar-refractivity contribution in [3.8, 4) is 0 Å². The van der Waals surface area contributed by atoms with E-state index in [1.807, 2.05) is 12.1 Å². The van der Waals surface area contributed by atoms with Crippen LogP contribution in [0.15, 0.2) is 41.7 Å². The van der Waals surface area contributed by atoms with Crippen molar-refractivity contribution >= 4 is 20.9 Å². The predicted octanol–water partition coefficient (Wildman–Crippen LogP) is 1.18. The molecule has 0 saturated heterocycles. The van der Waals surface area contributed by atoms with Gasteiger partial charge in [0.05, 0.1) is 5.52 Å². The van der Waals surface area contributed by atoms with E-state index >= 15 is 0 Å². The fourth-order valence-electron chi connectivity index (χ4n) is 2.29. The second kappa shape index (κ2) is 5.82. The van der Waals surface area contributed by atoms with E-state index in [0.29, 0.717) is 23.3 Å². The first-order valence-corrected chi connectivity index (χ1v) is 8.24. The molecule has 0 aliphatic rings. The van der Waals surface area contributed by atoms with Gasteiger partial charge in [-0.05, 0) is 18.6 Å². The Labute approximate surface area is 127 Å². The zero-order valence-electron chi connectivity index (χ0n) is 11.9. The molecule has 0 unspecified atom stereocenters. The fraction of sp³-hybridized carbons (Fsp3) is 0.214. The van der Waals surface area contributed by atoms with Gasteiger partial charge in [0, 0.05) is 24.5 Å². The van der Waals surface area contributed by atoms with Gasteiger partial charge < -0.3 is 0 Å². The summed E-state index contributed by atoms with van der Waals surface area (Å²) < 4.78 is 27.8. The number of nitrogens with zero attached hydrogens (tertiary/aromatic N) is 3. The lowest BCUT2D eigenvalue weighted by molar-refractivity contribution is 0.581. The Morgan fingerprint density at radius 2 is 2.09 bits per heavy atom. The molecule has 0 radical (unpaired) electrons. The summed E-state index contributed by atoms with van der Waals surface area (Å²) in [5.74, 6) is 0.635. The highest BCUT2D eigenvalue weighted by atomic mass is 32.2. The number of nitrogens with one attached hydrogen (secondary N) is 2. The van der Waals surface area contributed by atoms with Crippen molar-refractivity contribution in [2.75, 3.05) is 6.54 Å². The van der Waals surface area contributed by atoms with E-state index in [1.54, 1.807) is 25.3 Å². The van der Waals surface area contributed by atoms with Gasteiger partial charge in [-0.15, -0.1) is 0 Å². The number of aromatic nitrogens is 4. The Kier molecular flexibility index (Phi) is 3.86. The molecule has 2 N–H and O–H groups in total. The first-order chi connectivity index (χ1) is 10.6. The van der Waals surface area contributed by atoms with Crippen LogP contribution in [0.5, 0.6) is 0 Å². The maximum absolute atomic E-state index is 12.6. The molecule has 0 atom stereocenters. The second-order valence-corrected chi connectivity index (χ2v) is 6.57. The predicted molar refractivity (Wildman–Crippen MR) is 81.8 cm³/mol. The molecule has 2 aromatic heterocycles. The molecule has 114 valence electrons. The molecule has 0 amide bonds. The van der Waals surface area contributed by atoms with Gasteiger partial charge in [-0.1, -0.05) is 18.2 Å². The SMILES string of the molecule is Cc1ccc2cccnc2c1S(=O)(=O)NCCc1ncn[nH]1. The fourth-order valence-corrected chi connectivity index (χ4v) is 3.72. The molecule has 2 heterocycles. The normalized spacial score (nSPS) is 11.9. The lowest BCUT2D eigenvalue weighted by Gasteiger charge is -2.11. The second-order valence-electron chi connectivity index (χ2n) is 4.87. The monoisotopic (exact) mass is 317 g/mol. The summed E-state index contributed by atoms with van der Waals surface area (Å²) >= 11 is 0. The van der Waals surface area contributed by atoms with E-state index in [4.69, 9.17) is 0 Å². The number of pyridine rings is 1. The zero-order valence-corrected chi connectivity index (χ0v) is 12.8. The molecular weight excluding hydrogens is 302 g/mol. The van der Waals surface area contributed by atoms with Crippen LogP contribution in [0.2, 0.25) is 0 Å². The Balaban J connectivity index is 1.90. The van der Waals surface area contributed by atoms with Gasteiger partial charge in [-0.25, -0.2) is 18.1 Å². The highest BCUT2D eigenvalue weighted by Gasteiger charge is 2.20. The van der Waals surface area contributed by atoms with Crippen LogP contribution < -0.4 is 4.72 Å². The van der Waals surface area contributed by atoms with Crippen molar-refractivity contribution in [1.82, 2.24) is 24.9 Å². The number of hydrogen-bond acceptors (Lipinski definition) is 5. The average Bonchev–Trinajstić information content (AvgIpc) is 3.00. The molecule has 8 heteroatoms. The Hall–Kier alpha value is -2.32. The maximum Gasteiger partial charge on any atom is 0.243 e. The summed E-state index contributed by atoms with van der Waals surface area (Å²) in [6, 6.07) is 7.28. The summed E-state index contributed by atoms with van der Waals surface area (Å²) in [6.45, 7) is 2.00. The molecule has 0 aliphatic carbocycles. The van der Waals surface area contributed by atoms with Crippen LogP contribution in [0.3, 0.4) is 0 Å². The van der Waals surface area contributed by atoms with Gasteiger partial charge in [0.2, 0.25) is 10.0 Å². The van der Waals surface area contributed by atoms with E-state index in [1.165, 1.54) is 6.33 Å². The summed E-state index contributed by atoms with van der Waals surface area (Å²) in [6.07, 6.45) is 3.42. The number of hydrogen-bond donors (Lipinski definition) is 2. The van der Waals surface area contributed by atoms with Gasteiger partial charge in [0.15, 0.2) is 0 Å². The quantitative estimate of drug-likeness (QED) is 0.736. The molecule has 0 saturated carbocycles. The van der Waals surface area contributed by atoms with Crippen molar-refractivity contribution in [1.29, 1.82) is 0 Å². The third-order valence-corrected chi connectivity index (χ3v) is 4.95. The van der Waals surface area contributed by atoms with Crippen LogP contribution in [0.4, 0.5) is 0 Å². The third kappa shape index (κ3) is 2.83. The molecule has 7 nitrogen and oxygen atoms in total. The first-order valence-electron chi connectivity index (χ1n) is 6.76. The number of fused-ring (bicyclic) bond motifs is 1. The van der Waals surface area contributed by atoms with E-state index in [2.05, 4.69) is 24.9 Å². The number of rotatable bonds is 5. The zero-order chi connectivity index (χ0) is 15.6. The van der Waals surface area contributed by atoms with Crippen LogP contribution in [-0.2, 0) is 16.4 Å². The average molecular weight is 317 g/mol. The van der Waals surface area contributed by atoms with Crippen LogP contribution in [0, 0.1) is 6.92 Å². The lowest BCUT2D eigenvalue weighted by Crippen LogP contribution is -2.27. The number of aromatic amines is 1. The van der Waals surface area contributed by atoms with E-state index in [-0.39, 0.29) is 11.4 Å². The Morgan fingerprint density at radius 3 is 2.86 bits per heavy atom. The minimum absolute atomic E-state index is 0.225. The van der Waals surface area contributed by atoms with Crippen LogP contribution in [0.25, 0.3) is 10.9 Å². The molecule has 0 bridgehead atoms. The highest BCUT2D eigenvalue weighted by molar-refractivity contribution is 7.89. The number of aryl methyl sites for hydroxylation is 1. The third-order valence-electron chi connectivity index (χ3n) is 3.31. The standard InChI is InChI=1S/C14H15N5O2S/c1-10-4-5-11-3-2-7-15-13(11)14(10)22(20,21)18-8-6-12-16-9-17-19-12/h2-5,7,9,18H,6,8H2,1H3,(H,16,17,19). The maximum atomic E-state index is 12.6. The van der Waals surface area contributed by atoms with Crippen molar-refractivity contribution in [3.63, 3.8) is 0 Å². The molecule has 0 fully saturated rings. The van der Waals surface area contributed by atoms with E-state index < -0.39 is 10.0 Å². The minimum Gasteiger partial charge on any atom is -0.263 e. The van der Waals surface area contributed by atoms with E-state index in [0.717, 1.165) is 5.39 Å². The highest BCUT2D eigenvalue weighted by Crippen LogP contribution is 2.24. The molecule has 3 aromatic rings. The Morgan fingerprint density at radius 1 is 1.23 bits per heavy atom. The van der Waals surface area contributed by atoms with Crippen molar-refractivity contribution in [2.24, 2.45) is 0 Å². The van der Waals surface area contributed by atoms with Crippen LogP contribution in [0.1, 0.15) is 11.4 Å². The van der Waals surface area contributed by atoms with Crippen molar-refractivity contribution in [2.45, 2.75) is 18.2 Å². The molecule has 1 aromatic carbocycles. The van der Waals surface area contributed by atoms with Gasteiger partial charge in [-0.3, -0.25) is 10.1 Å². The molecule has 22 heavy (non-hydrogen) atoms. The van der Waals surface area contributed by atoms with E-state index in [9.17, 15) is 8.42 Å². The summed E-state index contributed by atoms with van der Waals surface area (Å²) in [4.78, 5) is 8.41. The van der Waals surface area contributed by atoms with Crippen LogP contribution in [-0.4, -0.2) is 35.1 Å². The van der Waals surface area contributed by atoms with Gasteiger partial charge in [0.25, 0.3) is 0 Å². The van der Waals surface area contributed by atoms with Gasteiger partial charge in [0.1, 0.15) is 17.0 Å². The summed E-state index contributed by atoms with van der Waals surface area (Å²) in [5, 5.41) is 7.22. The number of sulfonamides is 1. The smallest absolute Gasteiger partial charge is 0.243 e. The van der Waals surface area contributed by atoms with Crippen molar-refractivity contribution in [3.05, 3.63) is 48.2 Å². The lowest BCUT2D eigenvalue weighted by atomic mass is 10.1.